The highest BCUT2D eigenvalue weighted by Gasteiger charge is 2.53. The Labute approximate surface area is 131 Å². The van der Waals surface area contributed by atoms with Gasteiger partial charge >= 0.3 is 0 Å². The van der Waals surface area contributed by atoms with Crippen molar-refractivity contribution in [3.8, 4) is 0 Å². The molecule has 4 aliphatic rings. The third-order valence-corrected chi connectivity index (χ3v) is 7.69. The van der Waals surface area contributed by atoms with E-state index >= 15 is 0 Å². The lowest BCUT2D eigenvalue weighted by atomic mass is 9.78. The van der Waals surface area contributed by atoms with Crippen LogP contribution in [-0.2, 0) is 0 Å². The summed E-state index contributed by atoms with van der Waals surface area (Å²) in [5.74, 6) is 5.30. The molecule has 2 heteroatoms. The van der Waals surface area contributed by atoms with Crippen molar-refractivity contribution in [1.29, 1.82) is 0 Å². The van der Waals surface area contributed by atoms with Crippen molar-refractivity contribution in [2.45, 2.75) is 70.9 Å². The fourth-order valence-corrected chi connectivity index (χ4v) is 6.50. The van der Waals surface area contributed by atoms with E-state index in [2.05, 4.69) is 24.1 Å². The summed E-state index contributed by atoms with van der Waals surface area (Å²) in [6.07, 6.45) is 10.5. The zero-order valence-electron chi connectivity index (χ0n) is 14.1. The minimum Gasteiger partial charge on any atom is -0.311 e. The first-order valence-corrected chi connectivity index (χ1v) is 9.74. The Hall–Kier alpha value is -0.0800. The SMILES string of the molecule is CCN1CCC(C(C)NC2CC3CC2C2CCCC32)CC1. The van der Waals surface area contributed by atoms with Crippen molar-refractivity contribution in [1.82, 2.24) is 10.2 Å². The monoisotopic (exact) mass is 290 g/mol. The molecule has 0 aromatic heterocycles. The van der Waals surface area contributed by atoms with E-state index in [0.29, 0.717) is 0 Å². The van der Waals surface area contributed by atoms with Crippen molar-refractivity contribution in [3.63, 3.8) is 0 Å². The van der Waals surface area contributed by atoms with E-state index in [9.17, 15) is 0 Å². The third kappa shape index (κ3) is 2.57. The molecule has 3 saturated carbocycles. The Morgan fingerprint density at radius 1 is 1.00 bits per heavy atom. The maximum atomic E-state index is 4.11. The lowest BCUT2D eigenvalue weighted by molar-refractivity contribution is 0.144. The Morgan fingerprint density at radius 2 is 1.76 bits per heavy atom. The zero-order chi connectivity index (χ0) is 14.4. The van der Waals surface area contributed by atoms with Gasteiger partial charge in [0.2, 0.25) is 0 Å². The average Bonchev–Trinajstić information content (AvgIpc) is 3.19. The zero-order valence-corrected chi connectivity index (χ0v) is 14.1. The van der Waals surface area contributed by atoms with Gasteiger partial charge in [-0.3, -0.25) is 0 Å². The molecule has 120 valence electrons. The normalized spacial score (nSPS) is 45.1. The molecule has 6 unspecified atom stereocenters. The number of rotatable bonds is 4. The first kappa shape index (κ1) is 14.5. The summed E-state index contributed by atoms with van der Waals surface area (Å²) in [5, 5.41) is 4.11. The van der Waals surface area contributed by atoms with Gasteiger partial charge in [0.05, 0.1) is 0 Å². The van der Waals surface area contributed by atoms with Gasteiger partial charge in [-0.25, -0.2) is 0 Å². The predicted molar refractivity (Wildman–Crippen MR) is 88.3 cm³/mol. The van der Waals surface area contributed by atoms with Crippen LogP contribution in [-0.4, -0.2) is 36.6 Å². The van der Waals surface area contributed by atoms with Crippen molar-refractivity contribution in [3.05, 3.63) is 0 Å². The van der Waals surface area contributed by atoms with Gasteiger partial charge in [-0.05, 0) is 94.7 Å². The molecule has 0 amide bonds. The van der Waals surface area contributed by atoms with Gasteiger partial charge in [0.15, 0.2) is 0 Å². The van der Waals surface area contributed by atoms with Crippen LogP contribution in [0.3, 0.4) is 0 Å². The number of nitrogens with one attached hydrogen (secondary N) is 1. The molecular formula is C19H34N2. The molecule has 0 aromatic rings. The first-order valence-electron chi connectivity index (χ1n) is 9.74. The quantitative estimate of drug-likeness (QED) is 0.852. The smallest absolute Gasteiger partial charge is 0.0103 e. The van der Waals surface area contributed by atoms with Crippen molar-refractivity contribution in [2.24, 2.45) is 29.6 Å². The Bertz CT molecular complexity index is 361. The summed E-state index contributed by atoms with van der Waals surface area (Å²) in [5.41, 5.74) is 0. The van der Waals surface area contributed by atoms with Gasteiger partial charge in [-0.2, -0.15) is 0 Å². The fraction of sp³-hybridized carbons (Fsp3) is 1.00. The minimum atomic E-state index is 0.744. The highest BCUT2D eigenvalue weighted by molar-refractivity contribution is 5.06. The molecule has 1 saturated heterocycles. The fourth-order valence-electron chi connectivity index (χ4n) is 6.50. The van der Waals surface area contributed by atoms with Crippen LogP contribution in [0.25, 0.3) is 0 Å². The number of fused-ring (bicyclic) bond motifs is 5. The molecule has 6 atom stereocenters. The number of likely N-dealkylation sites (tertiary alicyclic amines) is 1. The molecule has 0 spiro atoms. The van der Waals surface area contributed by atoms with Gasteiger partial charge in [-0.15, -0.1) is 0 Å². The Kier molecular flexibility index (Phi) is 4.04. The summed E-state index contributed by atoms with van der Waals surface area (Å²) >= 11 is 0. The second kappa shape index (κ2) is 5.85. The van der Waals surface area contributed by atoms with Crippen LogP contribution in [0.1, 0.15) is 58.8 Å². The predicted octanol–water partition coefficient (Wildman–Crippen LogP) is 3.52. The van der Waals surface area contributed by atoms with Gasteiger partial charge in [0.25, 0.3) is 0 Å². The van der Waals surface area contributed by atoms with Crippen LogP contribution < -0.4 is 5.32 Å². The van der Waals surface area contributed by atoms with Gasteiger partial charge in [0, 0.05) is 12.1 Å². The van der Waals surface area contributed by atoms with Crippen LogP contribution in [0.4, 0.5) is 0 Å². The van der Waals surface area contributed by atoms with E-state index in [1.165, 1.54) is 45.3 Å². The molecule has 1 N–H and O–H groups in total. The minimum absolute atomic E-state index is 0.744. The standard InChI is InChI=1S/C19H34N2/c1-3-21-9-7-14(8-10-21)13(2)20-19-12-15-11-18(19)17-6-4-5-16(15)17/h13-20H,3-12H2,1-2H3. The van der Waals surface area contributed by atoms with Crippen LogP contribution in [0.5, 0.6) is 0 Å². The number of piperidine rings is 1. The van der Waals surface area contributed by atoms with E-state index in [-0.39, 0.29) is 0 Å². The van der Waals surface area contributed by atoms with Crippen molar-refractivity contribution in [2.75, 3.05) is 19.6 Å². The molecule has 3 aliphatic carbocycles. The molecule has 2 nitrogen and oxygen atoms in total. The largest absolute Gasteiger partial charge is 0.311 e. The van der Waals surface area contributed by atoms with Crippen molar-refractivity contribution < 1.29 is 0 Å². The van der Waals surface area contributed by atoms with E-state index in [0.717, 1.165) is 41.7 Å². The van der Waals surface area contributed by atoms with Gasteiger partial charge in [0.1, 0.15) is 0 Å². The van der Waals surface area contributed by atoms with E-state index < -0.39 is 0 Å². The Morgan fingerprint density at radius 3 is 2.52 bits per heavy atom. The summed E-state index contributed by atoms with van der Waals surface area (Å²) in [6.45, 7) is 8.67. The topological polar surface area (TPSA) is 15.3 Å². The van der Waals surface area contributed by atoms with Gasteiger partial charge in [-0.1, -0.05) is 13.3 Å². The molecule has 0 radical (unpaired) electrons. The highest BCUT2D eigenvalue weighted by Crippen LogP contribution is 2.58. The first-order chi connectivity index (χ1) is 10.3. The van der Waals surface area contributed by atoms with E-state index in [1.807, 2.05) is 0 Å². The number of hydrogen-bond acceptors (Lipinski definition) is 2. The van der Waals surface area contributed by atoms with Gasteiger partial charge < -0.3 is 10.2 Å². The summed E-state index contributed by atoms with van der Waals surface area (Å²) in [4.78, 5) is 2.61. The highest BCUT2D eigenvalue weighted by atomic mass is 15.1. The van der Waals surface area contributed by atoms with E-state index in [1.54, 1.807) is 19.3 Å². The maximum absolute atomic E-state index is 4.11. The van der Waals surface area contributed by atoms with Crippen LogP contribution in [0.2, 0.25) is 0 Å². The second-order valence-electron chi connectivity index (χ2n) is 8.49. The number of nitrogens with zero attached hydrogens (tertiary/aromatic N) is 1. The van der Waals surface area contributed by atoms with Crippen molar-refractivity contribution >= 4 is 0 Å². The summed E-state index contributed by atoms with van der Waals surface area (Å²) in [6, 6.07) is 1.61. The van der Waals surface area contributed by atoms with Crippen LogP contribution in [0, 0.1) is 29.6 Å². The second-order valence-corrected chi connectivity index (χ2v) is 8.49. The summed E-state index contributed by atoms with van der Waals surface area (Å²) < 4.78 is 0. The Balaban J connectivity index is 1.31. The van der Waals surface area contributed by atoms with E-state index in [4.69, 9.17) is 0 Å². The maximum Gasteiger partial charge on any atom is 0.0103 e. The molecule has 2 bridgehead atoms. The van der Waals surface area contributed by atoms with Crippen LogP contribution >= 0.6 is 0 Å². The third-order valence-electron chi connectivity index (χ3n) is 7.69. The molecule has 0 aromatic carbocycles. The summed E-state index contributed by atoms with van der Waals surface area (Å²) in [7, 11) is 0. The molecule has 21 heavy (non-hydrogen) atoms. The molecule has 4 rings (SSSR count). The lowest BCUT2D eigenvalue weighted by Crippen LogP contribution is -2.48. The molecule has 1 heterocycles. The molecular weight excluding hydrogens is 256 g/mol. The molecule has 4 fully saturated rings. The number of hydrogen-bond donors (Lipinski definition) is 1. The average molecular weight is 290 g/mol. The molecule has 1 aliphatic heterocycles. The lowest BCUT2D eigenvalue weighted by Gasteiger charge is -2.39. The van der Waals surface area contributed by atoms with Crippen LogP contribution in [0.15, 0.2) is 0 Å².